The maximum Gasteiger partial charge on any atom is 0.353 e. The van der Waals surface area contributed by atoms with Crippen LogP contribution in [0, 0.1) is 0 Å². The van der Waals surface area contributed by atoms with E-state index in [-0.39, 0.29) is 10.7 Å². The zero-order chi connectivity index (χ0) is 11.7. The first-order valence-corrected chi connectivity index (χ1v) is 4.76. The normalized spacial score (nSPS) is 10.3. The van der Waals surface area contributed by atoms with Crippen LogP contribution in [0.15, 0.2) is 18.2 Å². The topological polar surface area (TPSA) is 82.2 Å². The Morgan fingerprint density at radius 1 is 1.50 bits per heavy atom. The number of hydrogen-bond donors (Lipinski definition) is 3. The number of carbonyl (C=O) groups is 2. The van der Waals surface area contributed by atoms with Crippen molar-refractivity contribution in [3.63, 3.8) is 0 Å². The fraction of sp³-hybridized carbons (Fsp3) is 0. The lowest BCUT2D eigenvalue weighted by atomic mass is 10.2. The number of benzene rings is 1. The summed E-state index contributed by atoms with van der Waals surface area (Å²) < 4.78 is 0. The molecule has 0 saturated carbocycles. The van der Waals surface area contributed by atoms with Crippen molar-refractivity contribution in [3.8, 4) is 0 Å². The van der Waals surface area contributed by atoms with Crippen LogP contribution in [0.1, 0.15) is 10.5 Å². The molecule has 0 atom stereocenters. The number of amides is 1. The van der Waals surface area contributed by atoms with Crippen LogP contribution < -0.4 is 5.32 Å². The van der Waals surface area contributed by atoms with E-state index in [1.165, 1.54) is 0 Å². The number of hydrogen-bond acceptors (Lipinski definition) is 2. The Labute approximate surface area is 95.0 Å². The van der Waals surface area contributed by atoms with Crippen LogP contribution in [0.2, 0.25) is 5.02 Å². The first-order chi connectivity index (χ1) is 7.63. The number of carboxylic acids is 1. The quantitative estimate of drug-likeness (QED) is 0.716. The van der Waals surface area contributed by atoms with E-state index in [1.807, 2.05) is 0 Å². The smallest absolute Gasteiger partial charge is 0.353 e. The molecule has 0 saturated heterocycles. The van der Waals surface area contributed by atoms with Gasteiger partial charge in [0.05, 0.1) is 5.02 Å². The summed E-state index contributed by atoms with van der Waals surface area (Å²) in [5.74, 6) is -1.12. The van der Waals surface area contributed by atoms with Gasteiger partial charge in [0.2, 0.25) is 6.41 Å². The number of aromatic carboxylic acids is 1. The van der Waals surface area contributed by atoms with E-state index in [0.29, 0.717) is 23.0 Å². The molecule has 0 unspecified atom stereocenters. The zero-order valence-corrected chi connectivity index (χ0v) is 8.71. The molecule has 0 bridgehead atoms. The summed E-state index contributed by atoms with van der Waals surface area (Å²) in [5, 5.41) is 12.0. The van der Waals surface area contributed by atoms with Gasteiger partial charge in [0, 0.05) is 16.6 Å². The van der Waals surface area contributed by atoms with Crippen molar-refractivity contribution in [3.05, 3.63) is 28.9 Å². The molecule has 3 N–H and O–H groups in total. The van der Waals surface area contributed by atoms with Crippen molar-refractivity contribution >= 4 is 40.6 Å². The highest BCUT2D eigenvalue weighted by Gasteiger charge is 2.15. The van der Waals surface area contributed by atoms with Crippen molar-refractivity contribution in [2.45, 2.75) is 0 Å². The Morgan fingerprint density at radius 3 is 2.88 bits per heavy atom. The van der Waals surface area contributed by atoms with Gasteiger partial charge in [-0.2, -0.15) is 0 Å². The highest BCUT2D eigenvalue weighted by molar-refractivity contribution is 6.38. The molecule has 0 aliphatic heterocycles. The molecule has 0 spiro atoms. The Bertz CT molecular complexity index is 577. The Balaban J connectivity index is 2.63. The lowest BCUT2D eigenvalue weighted by Gasteiger charge is -1.97. The van der Waals surface area contributed by atoms with Gasteiger partial charge in [0.25, 0.3) is 0 Å². The second-order valence-corrected chi connectivity index (χ2v) is 3.52. The van der Waals surface area contributed by atoms with E-state index in [0.717, 1.165) is 0 Å². The summed E-state index contributed by atoms with van der Waals surface area (Å²) in [5.41, 5.74) is 1.11. The van der Waals surface area contributed by atoms with E-state index in [1.54, 1.807) is 18.2 Å². The minimum atomic E-state index is -1.12. The van der Waals surface area contributed by atoms with Gasteiger partial charge in [0.1, 0.15) is 5.69 Å². The Hall–Kier alpha value is -2.01. The summed E-state index contributed by atoms with van der Waals surface area (Å²) in [7, 11) is 0. The predicted octanol–water partition coefficient (Wildman–Crippen LogP) is 2.09. The number of nitrogens with one attached hydrogen (secondary N) is 2. The van der Waals surface area contributed by atoms with Gasteiger partial charge < -0.3 is 15.4 Å². The second kappa shape index (κ2) is 3.86. The van der Waals surface area contributed by atoms with Crippen molar-refractivity contribution in [2.24, 2.45) is 0 Å². The molecular formula is C10H7ClN2O3. The average Bonchev–Trinajstić information content (AvgIpc) is 2.57. The van der Waals surface area contributed by atoms with E-state index >= 15 is 0 Å². The van der Waals surface area contributed by atoms with Gasteiger partial charge in [-0.1, -0.05) is 11.6 Å². The lowest BCUT2D eigenvalue weighted by Crippen LogP contribution is -1.96. The summed E-state index contributed by atoms with van der Waals surface area (Å²) >= 11 is 5.90. The lowest BCUT2D eigenvalue weighted by molar-refractivity contribution is -0.105. The van der Waals surface area contributed by atoms with Crippen LogP contribution in [0.3, 0.4) is 0 Å². The third-order valence-corrected chi connectivity index (χ3v) is 2.57. The average molecular weight is 239 g/mol. The fourth-order valence-corrected chi connectivity index (χ4v) is 1.75. The first kappa shape index (κ1) is 10.5. The molecule has 0 radical (unpaired) electrons. The molecule has 0 aliphatic rings. The van der Waals surface area contributed by atoms with Crippen LogP contribution in [0.25, 0.3) is 10.9 Å². The van der Waals surface area contributed by atoms with Gasteiger partial charge in [-0.3, -0.25) is 4.79 Å². The number of fused-ring (bicyclic) bond motifs is 1. The Morgan fingerprint density at radius 2 is 2.25 bits per heavy atom. The van der Waals surface area contributed by atoms with E-state index < -0.39 is 5.97 Å². The third kappa shape index (κ3) is 1.61. The van der Waals surface area contributed by atoms with Crippen LogP contribution in [0.4, 0.5) is 5.69 Å². The fourth-order valence-electron chi connectivity index (χ4n) is 1.46. The molecule has 1 heterocycles. The molecule has 82 valence electrons. The molecule has 16 heavy (non-hydrogen) atoms. The number of anilines is 1. The van der Waals surface area contributed by atoms with Crippen LogP contribution in [-0.2, 0) is 4.79 Å². The maximum atomic E-state index is 10.8. The third-order valence-electron chi connectivity index (χ3n) is 2.17. The predicted molar refractivity (Wildman–Crippen MR) is 60.0 cm³/mol. The monoisotopic (exact) mass is 238 g/mol. The molecule has 5 nitrogen and oxygen atoms in total. The Kier molecular flexibility index (Phi) is 2.54. The van der Waals surface area contributed by atoms with E-state index in [2.05, 4.69) is 10.3 Å². The number of aromatic amines is 1. The van der Waals surface area contributed by atoms with Crippen LogP contribution >= 0.6 is 11.6 Å². The molecule has 1 aromatic heterocycles. The summed E-state index contributed by atoms with van der Waals surface area (Å²) in [6, 6.07) is 4.91. The van der Waals surface area contributed by atoms with Crippen LogP contribution in [-0.4, -0.2) is 22.5 Å². The summed E-state index contributed by atoms with van der Waals surface area (Å²) in [6.07, 6.45) is 0.542. The second-order valence-electron chi connectivity index (χ2n) is 3.14. The van der Waals surface area contributed by atoms with Gasteiger partial charge in [-0.05, 0) is 18.2 Å². The minimum absolute atomic E-state index is 0.0556. The number of aromatic nitrogens is 1. The SMILES string of the molecule is O=CNc1ccc2[nH]c(C(=O)O)c(Cl)c2c1. The van der Waals surface area contributed by atoms with Gasteiger partial charge in [-0.25, -0.2) is 4.79 Å². The largest absolute Gasteiger partial charge is 0.477 e. The molecule has 1 aromatic carbocycles. The van der Waals surface area contributed by atoms with Gasteiger partial charge >= 0.3 is 5.97 Å². The highest BCUT2D eigenvalue weighted by Crippen LogP contribution is 2.29. The molecule has 2 aromatic rings. The molecule has 2 rings (SSSR count). The van der Waals surface area contributed by atoms with Crippen molar-refractivity contribution in [1.82, 2.24) is 4.98 Å². The molecule has 1 amide bonds. The number of H-pyrrole nitrogens is 1. The minimum Gasteiger partial charge on any atom is -0.477 e. The summed E-state index contributed by atoms with van der Waals surface area (Å²) in [6.45, 7) is 0. The van der Waals surface area contributed by atoms with E-state index in [9.17, 15) is 9.59 Å². The molecule has 0 fully saturated rings. The zero-order valence-electron chi connectivity index (χ0n) is 7.95. The number of carboxylic acid groups (broad SMARTS) is 1. The number of rotatable bonds is 3. The van der Waals surface area contributed by atoms with Crippen LogP contribution in [0.5, 0.6) is 0 Å². The number of halogens is 1. The number of carbonyl (C=O) groups excluding carboxylic acids is 1. The molecule has 6 heteroatoms. The first-order valence-electron chi connectivity index (χ1n) is 4.38. The van der Waals surface area contributed by atoms with Crippen molar-refractivity contribution in [2.75, 3.05) is 5.32 Å². The molecular weight excluding hydrogens is 232 g/mol. The van der Waals surface area contributed by atoms with Gasteiger partial charge in [0.15, 0.2) is 0 Å². The van der Waals surface area contributed by atoms with Crippen molar-refractivity contribution < 1.29 is 14.7 Å². The molecule has 0 aliphatic carbocycles. The standard InChI is InChI=1S/C10H7ClN2O3/c11-8-6-3-5(12-4-14)1-2-7(6)13-9(8)10(15)16/h1-4,13H,(H,12,14)(H,15,16). The van der Waals surface area contributed by atoms with E-state index in [4.69, 9.17) is 16.7 Å². The highest BCUT2D eigenvalue weighted by atomic mass is 35.5. The maximum absolute atomic E-state index is 10.8. The summed E-state index contributed by atoms with van der Waals surface area (Å²) in [4.78, 5) is 23.8. The van der Waals surface area contributed by atoms with Gasteiger partial charge in [-0.15, -0.1) is 0 Å². The van der Waals surface area contributed by atoms with Crippen molar-refractivity contribution in [1.29, 1.82) is 0 Å².